The van der Waals surface area contributed by atoms with Crippen LogP contribution in [0.25, 0.3) is 0 Å². The number of hydrogen-bond acceptors (Lipinski definition) is 5. The summed E-state index contributed by atoms with van der Waals surface area (Å²) in [5, 5.41) is 3.81. The molecular weight excluding hydrogens is 242 g/mol. The lowest BCUT2D eigenvalue weighted by molar-refractivity contribution is 0.370. The standard InChI is InChI=1S/C9H19N5O2S/c1-7(5-13(2)3)12-17(15,16)8-6-14(4)11-9(8)10/h6-7,12H,5H2,1-4H3,(H2,10,11). The van der Waals surface area contributed by atoms with Gasteiger partial charge in [0.25, 0.3) is 0 Å². The van der Waals surface area contributed by atoms with Crippen molar-refractivity contribution in [3.8, 4) is 0 Å². The first-order valence-corrected chi connectivity index (χ1v) is 6.67. The van der Waals surface area contributed by atoms with Crippen LogP contribution in [0.5, 0.6) is 0 Å². The van der Waals surface area contributed by atoms with E-state index in [2.05, 4.69) is 9.82 Å². The zero-order valence-corrected chi connectivity index (χ0v) is 11.3. The number of nitrogens with one attached hydrogen (secondary N) is 1. The van der Waals surface area contributed by atoms with E-state index in [9.17, 15) is 8.42 Å². The summed E-state index contributed by atoms with van der Waals surface area (Å²) in [5.41, 5.74) is 5.54. The molecule has 0 saturated carbocycles. The van der Waals surface area contributed by atoms with Crippen LogP contribution in [0.3, 0.4) is 0 Å². The molecule has 0 saturated heterocycles. The fourth-order valence-electron chi connectivity index (χ4n) is 1.60. The maximum Gasteiger partial charge on any atom is 0.246 e. The fraction of sp³-hybridized carbons (Fsp3) is 0.667. The van der Waals surface area contributed by atoms with Crippen LogP contribution in [0, 0.1) is 0 Å². The summed E-state index contributed by atoms with van der Waals surface area (Å²) < 4.78 is 27.9. The van der Waals surface area contributed by atoms with Crippen LogP contribution < -0.4 is 10.5 Å². The highest BCUT2D eigenvalue weighted by Crippen LogP contribution is 2.15. The molecule has 0 fully saturated rings. The molecule has 0 aromatic carbocycles. The molecule has 0 aliphatic carbocycles. The van der Waals surface area contributed by atoms with E-state index in [-0.39, 0.29) is 16.8 Å². The van der Waals surface area contributed by atoms with E-state index in [1.165, 1.54) is 10.9 Å². The molecule has 7 nitrogen and oxygen atoms in total. The molecule has 1 aromatic rings. The number of aryl methyl sites for hydroxylation is 1. The maximum atomic E-state index is 12.0. The first-order chi connectivity index (χ1) is 7.72. The van der Waals surface area contributed by atoms with Gasteiger partial charge in [-0.2, -0.15) is 5.10 Å². The number of nitrogens with two attached hydrogens (primary N) is 1. The van der Waals surface area contributed by atoms with Crippen LogP contribution in [-0.4, -0.2) is 49.8 Å². The van der Waals surface area contributed by atoms with Crippen molar-refractivity contribution >= 4 is 15.8 Å². The topological polar surface area (TPSA) is 93.2 Å². The van der Waals surface area contributed by atoms with Gasteiger partial charge in [0.15, 0.2) is 5.82 Å². The molecule has 0 bridgehead atoms. The fourth-order valence-corrected chi connectivity index (χ4v) is 2.94. The predicted molar refractivity (Wildman–Crippen MR) is 66.0 cm³/mol. The van der Waals surface area contributed by atoms with Gasteiger partial charge in [-0.05, 0) is 21.0 Å². The first kappa shape index (κ1) is 13.9. The summed E-state index contributed by atoms with van der Waals surface area (Å²) in [4.78, 5) is 1.92. The van der Waals surface area contributed by atoms with E-state index < -0.39 is 10.0 Å². The maximum absolute atomic E-state index is 12.0. The van der Waals surface area contributed by atoms with Crippen LogP contribution >= 0.6 is 0 Å². The summed E-state index contributed by atoms with van der Waals surface area (Å²) in [7, 11) is 1.78. The summed E-state index contributed by atoms with van der Waals surface area (Å²) in [5.74, 6) is 0.0112. The third kappa shape index (κ3) is 3.69. The minimum atomic E-state index is -3.60. The number of anilines is 1. The van der Waals surface area contributed by atoms with Crippen LogP contribution in [0.4, 0.5) is 5.82 Å². The first-order valence-electron chi connectivity index (χ1n) is 5.18. The van der Waals surface area contributed by atoms with Gasteiger partial charge in [-0.25, -0.2) is 13.1 Å². The normalized spacial score (nSPS) is 14.2. The second-order valence-corrected chi connectivity index (χ2v) is 6.02. The van der Waals surface area contributed by atoms with E-state index in [1.54, 1.807) is 14.0 Å². The van der Waals surface area contributed by atoms with Crippen LogP contribution in [0.15, 0.2) is 11.1 Å². The number of nitrogens with zero attached hydrogens (tertiary/aromatic N) is 3. The molecule has 0 spiro atoms. The molecule has 1 atom stereocenters. The van der Waals surface area contributed by atoms with Crippen LogP contribution in [-0.2, 0) is 17.1 Å². The number of rotatable bonds is 5. The van der Waals surface area contributed by atoms with Gasteiger partial charge in [0.2, 0.25) is 10.0 Å². The molecule has 0 aliphatic heterocycles. The largest absolute Gasteiger partial charge is 0.381 e. The van der Waals surface area contributed by atoms with E-state index in [1.807, 2.05) is 19.0 Å². The summed E-state index contributed by atoms with van der Waals surface area (Å²) in [6.07, 6.45) is 1.39. The third-order valence-corrected chi connectivity index (χ3v) is 3.71. The van der Waals surface area contributed by atoms with Crippen molar-refractivity contribution < 1.29 is 8.42 Å². The van der Waals surface area contributed by atoms with Gasteiger partial charge >= 0.3 is 0 Å². The van der Waals surface area contributed by atoms with E-state index in [0.717, 1.165) is 0 Å². The highest BCUT2D eigenvalue weighted by molar-refractivity contribution is 7.89. The highest BCUT2D eigenvalue weighted by atomic mass is 32.2. The second kappa shape index (κ2) is 5.03. The van der Waals surface area contributed by atoms with E-state index in [4.69, 9.17) is 5.73 Å². The SMILES string of the molecule is CC(CN(C)C)NS(=O)(=O)c1cn(C)nc1N. The summed E-state index contributed by atoms with van der Waals surface area (Å²) in [6, 6.07) is -0.199. The Bertz CT molecular complexity index is 480. The number of likely N-dealkylation sites (N-methyl/N-ethyl adjacent to an activating group) is 1. The minimum absolute atomic E-state index is 0.0112. The predicted octanol–water partition coefficient (Wildman–Crippen LogP) is -0.769. The lowest BCUT2D eigenvalue weighted by Gasteiger charge is -2.17. The number of nitrogen functional groups attached to an aromatic ring is 1. The Labute approximate surface area is 102 Å². The molecule has 98 valence electrons. The van der Waals surface area contributed by atoms with Crippen LogP contribution in [0.1, 0.15) is 6.92 Å². The second-order valence-electron chi connectivity index (χ2n) is 4.34. The smallest absolute Gasteiger partial charge is 0.246 e. The molecule has 8 heteroatoms. The van der Waals surface area contributed by atoms with Crippen molar-refractivity contribution in [2.75, 3.05) is 26.4 Å². The van der Waals surface area contributed by atoms with Gasteiger partial charge in [0.1, 0.15) is 4.90 Å². The lowest BCUT2D eigenvalue weighted by atomic mass is 10.3. The minimum Gasteiger partial charge on any atom is -0.381 e. The van der Waals surface area contributed by atoms with Crippen LogP contribution in [0.2, 0.25) is 0 Å². The molecule has 0 aliphatic rings. The Hall–Kier alpha value is -1.12. The average molecular weight is 261 g/mol. The Kier molecular flexibility index (Phi) is 4.12. The summed E-state index contributed by atoms with van der Waals surface area (Å²) in [6.45, 7) is 2.41. The zero-order chi connectivity index (χ0) is 13.2. The molecule has 3 N–H and O–H groups in total. The highest BCUT2D eigenvalue weighted by Gasteiger charge is 2.22. The molecule has 0 radical (unpaired) electrons. The van der Waals surface area contributed by atoms with Gasteiger partial charge in [0, 0.05) is 25.8 Å². The number of sulfonamides is 1. The Morgan fingerprint density at radius 1 is 1.59 bits per heavy atom. The number of hydrogen-bond donors (Lipinski definition) is 2. The molecule has 1 heterocycles. The molecule has 1 aromatic heterocycles. The van der Waals surface area contributed by atoms with Gasteiger partial charge in [-0.3, -0.25) is 4.68 Å². The summed E-state index contributed by atoms with van der Waals surface area (Å²) >= 11 is 0. The molecule has 1 rings (SSSR count). The Morgan fingerprint density at radius 2 is 2.18 bits per heavy atom. The zero-order valence-electron chi connectivity index (χ0n) is 10.5. The third-order valence-electron chi connectivity index (χ3n) is 2.11. The molecule has 0 amide bonds. The van der Waals surface area contributed by atoms with E-state index >= 15 is 0 Å². The lowest BCUT2D eigenvalue weighted by Crippen LogP contribution is -2.39. The quantitative estimate of drug-likeness (QED) is 0.726. The van der Waals surface area contributed by atoms with Gasteiger partial charge in [-0.15, -0.1) is 0 Å². The van der Waals surface area contributed by atoms with Crippen molar-refractivity contribution in [2.45, 2.75) is 17.9 Å². The monoisotopic (exact) mass is 261 g/mol. The van der Waals surface area contributed by atoms with Crippen molar-refractivity contribution in [3.63, 3.8) is 0 Å². The average Bonchev–Trinajstić information content (AvgIpc) is 2.42. The van der Waals surface area contributed by atoms with E-state index in [0.29, 0.717) is 6.54 Å². The van der Waals surface area contributed by atoms with Crippen molar-refractivity contribution in [1.29, 1.82) is 0 Å². The molecular formula is C9H19N5O2S. The Morgan fingerprint density at radius 3 is 2.59 bits per heavy atom. The van der Waals surface area contributed by atoms with Crippen molar-refractivity contribution in [1.82, 2.24) is 19.4 Å². The molecule has 1 unspecified atom stereocenters. The molecule has 17 heavy (non-hydrogen) atoms. The van der Waals surface area contributed by atoms with Gasteiger partial charge < -0.3 is 10.6 Å². The van der Waals surface area contributed by atoms with Crippen molar-refractivity contribution in [2.24, 2.45) is 7.05 Å². The number of aromatic nitrogens is 2. The van der Waals surface area contributed by atoms with Gasteiger partial charge in [-0.1, -0.05) is 0 Å². The van der Waals surface area contributed by atoms with Gasteiger partial charge in [0.05, 0.1) is 0 Å². The Balaban J connectivity index is 2.86. The van der Waals surface area contributed by atoms with Crippen molar-refractivity contribution in [3.05, 3.63) is 6.20 Å².